The Labute approximate surface area is 133 Å². The fraction of sp³-hybridized carbons (Fsp3) is 0.462. The van der Waals surface area contributed by atoms with E-state index in [2.05, 4.69) is 4.72 Å². The predicted molar refractivity (Wildman–Crippen MR) is 91.1 cm³/mol. The molecule has 1 rings (SSSR count). The lowest BCUT2D eigenvalue weighted by Crippen LogP contribution is -2.34. The van der Waals surface area contributed by atoms with Crippen LogP contribution < -0.4 is 10.5 Å². The number of nitrogens with two attached hydrogens (primary N) is 1. The normalized spacial score (nSPS) is 14.6. The minimum atomic E-state index is -3.50. The van der Waals surface area contributed by atoms with Crippen LogP contribution in [0, 0.1) is 0 Å². The zero-order valence-electron chi connectivity index (χ0n) is 12.0. The Kier molecular flexibility index (Phi) is 6.92. The summed E-state index contributed by atoms with van der Waals surface area (Å²) >= 11 is 4.93. The zero-order chi connectivity index (χ0) is 16.0. The molecular formula is C13H20N2O3S3. The van der Waals surface area contributed by atoms with Gasteiger partial charge in [-0.05, 0) is 18.9 Å². The van der Waals surface area contributed by atoms with E-state index in [1.165, 1.54) is 0 Å². The van der Waals surface area contributed by atoms with Crippen molar-refractivity contribution in [2.45, 2.75) is 25.1 Å². The molecule has 1 aromatic carbocycles. The van der Waals surface area contributed by atoms with Crippen LogP contribution in [-0.4, -0.2) is 35.7 Å². The quantitative estimate of drug-likeness (QED) is 0.681. The summed E-state index contributed by atoms with van der Waals surface area (Å²) in [7, 11) is -4.43. The van der Waals surface area contributed by atoms with Gasteiger partial charge < -0.3 is 5.73 Å². The maximum Gasteiger partial charge on any atom is 0.216 e. The number of hydrogen-bond donors (Lipinski definition) is 2. The van der Waals surface area contributed by atoms with Gasteiger partial charge in [0.2, 0.25) is 10.0 Å². The van der Waals surface area contributed by atoms with Gasteiger partial charge in [-0.1, -0.05) is 36.5 Å². The highest BCUT2D eigenvalue weighted by Crippen LogP contribution is 2.12. The standard InChI is InChI=1S/C13H20N2O3S3/c1-10(7-8-20(2)16)15-21(17,18)9-11-5-3-4-6-12(11)13(14)19/h3-6,10,15H,7-9H2,1-2H3,(H2,14,19). The molecule has 3 N–H and O–H groups in total. The molecule has 0 aliphatic rings. The summed E-state index contributed by atoms with van der Waals surface area (Å²) in [5.41, 5.74) is 6.74. The summed E-state index contributed by atoms with van der Waals surface area (Å²) < 4.78 is 37.9. The molecule has 0 heterocycles. The van der Waals surface area contributed by atoms with Crippen LogP contribution in [0.4, 0.5) is 0 Å². The van der Waals surface area contributed by atoms with Crippen LogP contribution in [0.1, 0.15) is 24.5 Å². The Balaban J connectivity index is 2.77. The molecule has 21 heavy (non-hydrogen) atoms. The molecule has 2 atom stereocenters. The second-order valence-corrected chi connectivity index (χ2v) is 8.61. The van der Waals surface area contributed by atoms with E-state index in [-0.39, 0.29) is 16.8 Å². The maximum absolute atomic E-state index is 12.2. The average Bonchev–Trinajstić information content (AvgIpc) is 2.35. The molecule has 0 aliphatic carbocycles. The van der Waals surface area contributed by atoms with Crippen LogP contribution in [0.5, 0.6) is 0 Å². The second kappa shape index (κ2) is 7.98. The lowest BCUT2D eigenvalue weighted by atomic mass is 10.1. The Hall–Kier alpha value is -0.830. The summed E-state index contributed by atoms with van der Waals surface area (Å²) in [4.78, 5) is 0.176. The highest BCUT2D eigenvalue weighted by molar-refractivity contribution is 7.88. The highest BCUT2D eigenvalue weighted by atomic mass is 32.2. The first-order valence-electron chi connectivity index (χ1n) is 6.39. The Bertz CT molecular complexity index is 629. The number of sulfonamides is 1. The fourth-order valence-electron chi connectivity index (χ4n) is 1.84. The van der Waals surface area contributed by atoms with Crippen molar-refractivity contribution in [2.75, 3.05) is 12.0 Å². The first kappa shape index (κ1) is 18.2. The molecule has 8 heteroatoms. The predicted octanol–water partition coefficient (Wildman–Crippen LogP) is 0.897. The lowest BCUT2D eigenvalue weighted by molar-refractivity contribution is 0.555. The fourth-order valence-corrected chi connectivity index (χ4v) is 4.20. The van der Waals surface area contributed by atoms with E-state index in [0.717, 1.165) is 0 Å². The van der Waals surface area contributed by atoms with Gasteiger partial charge >= 0.3 is 0 Å². The van der Waals surface area contributed by atoms with E-state index >= 15 is 0 Å². The number of nitrogens with one attached hydrogen (secondary N) is 1. The van der Waals surface area contributed by atoms with Gasteiger partial charge in [-0.3, -0.25) is 4.21 Å². The Morgan fingerprint density at radius 3 is 2.62 bits per heavy atom. The smallest absolute Gasteiger partial charge is 0.216 e. The van der Waals surface area contributed by atoms with Gasteiger partial charge in [0.15, 0.2) is 0 Å². The Morgan fingerprint density at radius 1 is 1.43 bits per heavy atom. The van der Waals surface area contributed by atoms with Gasteiger partial charge in [-0.2, -0.15) is 0 Å². The van der Waals surface area contributed by atoms with Crippen LogP contribution in [0.3, 0.4) is 0 Å². The van der Waals surface area contributed by atoms with Crippen molar-refractivity contribution in [1.82, 2.24) is 4.72 Å². The molecule has 5 nitrogen and oxygen atoms in total. The topological polar surface area (TPSA) is 89.3 Å². The number of rotatable bonds is 8. The summed E-state index contributed by atoms with van der Waals surface area (Å²) in [5, 5.41) is 0. The first-order valence-corrected chi connectivity index (χ1v) is 10.2. The van der Waals surface area contributed by atoms with Crippen molar-refractivity contribution in [2.24, 2.45) is 5.73 Å². The van der Waals surface area contributed by atoms with E-state index in [0.29, 0.717) is 23.3 Å². The van der Waals surface area contributed by atoms with Gasteiger partial charge in [-0.15, -0.1) is 0 Å². The van der Waals surface area contributed by atoms with E-state index in [1.54, 1.807) is 37.4 Å². The van der Waals surface area contributed by atoms with E-state index in [1.807, 2.05) is 0 Å². The van der Waals surface area contributed by atoms with Gasteiger partial charge in [0.25, 0.3) is 0 Å². The molecular weight excluding hydrogens is 328 g/mol. The minimum absolute atomic E-state index is 0.176. The zero-order valence-corrected chi connectivity index (χ0v) is 14.5. The van der Waals surface area contributed by atoms with Gasteiger partial charge in [0, 0.05) is 34.4 Å². The molecule has 118 valence electrons. The van der Waals surface area contributed by atoms with Crippen molar-refractivity contribution in [3.8, 4) is 0 Å². The molecule has 0 saturated heterocycles. The first-order chi connectivity index (χ1) is 9.71. The maximum atomic E-state index is 12.2. The van der Waals surface area contributed by atoms with Crippen molar-refractivity contribution in [3.63, 3.8) is 0 Å². The van der Waals surface area contributed by atoms with Crippen molar-refractivity contribution in [1.29, 1.82) is 0 Å². The molecule has 0 saturated carbocycles. The molecule has 0 radical (unpaired) electrons. The largest absolute Gasteiger partial charge is 0.389 e. The molecule has 0 spiro atoms. The molecule has 2 unspecified atom stereocenters. The monoisotopic (exact) mass is 348 g/mol. The summed E-state index contributed by atoms with van der Waals surface area (Å²) in [5.74, 6) is 0.285. The van der Waals surface area contributed by atoms with Crippen LogP contribution in [0.25, 0.3) is 0 Å². The lowest BCUT2D eigenvalue weighted by Gasteiger charge is -2.15. The van der Waals surface area contributed by atoms with Crippen LogP contribution >= 0.6 is 12.2 Å². The average molecular weight is 349 g/mol. The van der Waals surface area contributed by atoms with Crippen LogP contribution in [-0.2, 0) is 26.6 Å². The van der Waals surface area contributed by atoms with E-state index < -0.39 is 20.8 Å². The molecule has 0 amide bonds. The minimum Gasteiger partial charge on any atom is -0.389 e. The van der Waals surface area contributed by atoms with Gasteiger partial charge in [0.1, 0.15) is 4.99 Å². The molecule has 0 aliphatic heterocycles. The molecule has 0 fully saturated rings. The van der Waals surface area contributed by atoms with Crippen molar-refractivity contribution in [3.05, 3.63) is 35.4 Å². The number of thiocarbonyl (C=S) groups is 1. The summed E-state index contributed by atoms with van der Waals surface area (Å²) in [6.45, 7) is 1.75. The van der Waals surface area contributed by atoms with Crippen LogP contribution in [0.15, 0.2) is 24.3 Å². The summed E-state index contributed by atoms with van der Waals surface area (Å²) in [6.07, 6.45) is 2.12. The molecule has 0 aromatic heterocycles. The Morgan fingerprint density at radius 2 is 2.05 bits per heavy atom. The van der Waals surface area contributed by atoms with Gasteiger partial charge in [-0.25, -0.2) is 13.1 Å². The van der Waals surface area contributed by atoms with E-state index in [9.17, 15) is 12.6 Å². The third-order valence-electron chi connectivity index (χ3n) is 2.85. The van der Waals surface area contributed by atoms with Crippen molar-refractivity contribution >= 4 is 38.0 Å². The highest BCUT2D eigenvalue weighted by Gasteiger charge is 2.17. The van der Waals surface area contributed by atoms with Gasteiger partial charge in [0.05, 0.1) is 5.75 Å². The third-order valence-corrected chi connectivity index (χ3v) is 5.33. The van der Waals surface area contributed by atoms with Crippen molar-refractivity contribution < 1.29 is 12.6 Å². The second-order valence-electron chi connectivity index (χ2n) is 4.87. The molecule has 0 bridgehead atoms. The third kappa shape index (κ3) is 6.64. The number of benzene rings is 1. The van der Waals surface area contributed by atoms with Crippen LogP contribution in [0.2, 0.25) is 0 Å². The summed E-state index contributed by atoms with van der Waals surface area (Å²) in [6, 6.07) is 6.64. The molecule has 1 aromatic rings. The SMILES string of the molecule is CC(CCS(C)=O)NS(=O)(=O)Cc1ccccc1C(N)=S. The number of hydrogen-bond acceptors (Lipinski definition) is 4. The van der Waals surface area contributed by atoms with E-state index in [4.69, 9.17) is 18.0 Å².